The zero-order valence-corrected chi connectivity index (χ0v) is 19.6. The van der Waals surface area contributed by atoms with E-state index in [1.807, 2.05) is 18.2 Å². The van der Waals surface area contributed by atoms with E-state index < -0.39 is 11.8 Å². The quantitative estimate of drug-likeness (QED) is 0.345. The van der Waals surface area contributed by atoms with Crippen molar-refractivity contribution in [3.63, 3.8) is 0 Å². The summed E-state index contributed by atoms with van der Waals surface area (Å²) < 4.78 is 6.29. The molecule has 31 heavy (non-hydrogen) atoms. The van der Waals surface area contributed by atoms with Crippen LogP contribution in [0.4, 0.5) is 0 Å². The molecule has 1 aliphatic heterocycles. The van der Waals surface area contributed by atoms with E-state index in [0.717, 1.165) is 5.56 Å². The van der Waals surface area contributed by atoms with Gasteiger partial charge >= 0.3 is 0 Å². The normalized spacial score (nSPS) is 14.6. The van der Waals surface area contributed by atoms with Gasteiger partial charge < -0.3 is 4.74 Å². The summed E-state index contributed by atoms with van der Waals surface area (Å²) in [5.41, 5.74) is 5.86. The third kappa shape index (κ3) is 5.72. The Labute approximate surface area is 197 Å². The molecule has 0 aromatic heterocycles. The number of amides is 3. The van der Waals surface area contributed by atoms with Gasteiger partial charge in [-0.15, -0.1) is 0 Å². The smallest absolute Gasteiger partial charge is 0.270 e. The fourth-order valence-corrected chi connectivity index (χ4v) is 4.50. The number of ether oxygens (including phenoxy) is 1. The van der Waals surface area contributed by atoms with Crippen molar-refractivity contribution >= 4 is 68.0 Å². The van der Waals surface area contributed by atoms with Crippen LogP contribution >= 0.6 is 39.9 Å². The van der Waals surface area contributed by atoms with Crippen LogP contribution in [0.3, 0.4) is 0 Å². The minimum Gasteiger partial charge on any atom is -0.496 e. The molecule has 0 spiro atoms. The molecule has 0 unspecified atom stereocenters. The summed E-state index contributed by atoms with van der Waals surface area (Å²) in [7, 11) is 1.56. The third-order valence-electron chi connectivity index (χ3n) is 4.30. The van der Waals surface area contributed by atoms with Crippen LogP contribution in [0.5, 0.6) is 5.75 Å². The van der Waals surface area contributed by atoms with E-state index in [4.69, 9.17) is 17.0 Å². The van der Waals surface area contributed by atoms with Crippen molar-refractivity contribution in [1.29, 1.82) is 0 Å². The van der Waals surface area contributed by atoms with Crippen LogP contribution in [-0.2, 0) is 9.59 Å². The lowest BCUT2D eigenvalue weighted by molar-refractivity contribution is -0.124. The zero-order valence-electron chi connectivity index (χ0n) is 16.4. The van der Waals surface area contributed by atoms with Crippen LogP contribution in [0.25, 0.3) is 6.08 Å². The van der Waals surface area contributed by atoms with E-state index in [1.165, 1.54) is 16.7 Å². The van der Waals surface area contributed by atoms with E-state index in [2.05, 4.69) is 26.8 Å². The second-order valence-corrected chi connectivity index (χ2v) is 8.84. The Kier molecular flexibility index (Phi) is 7.83. The van der Waals surface area contributed by atoms with Gasteiger partial charge in [0, 0.05) is 23.0 Å². The van der Waals surface area contributed by atoms with Crippen LogP contribution in [0, 0.1) is 0 Å². The van der Waals surface area contributed by atoms with Crippen molar-refractivity contribution in [2.24, 2.45) is 0 Å². The molecule has 3 rings (SSSR count). The molecular formula is C21H18BrN3O4S2. The first-order valence-electron chi connectivity index (χ1n) is 9.13. The number of nitrogens with one attached hydrogen (secondary N) is 2. The largest absolute Gasteiger partial charge is 0.496 e. The maximum Gasteiger partial charge on any atom is 0.270 e. The highest BCUT2D eigenvalue weighted by molar-refractivity contribution is 9.10. The predicted molar refractivity (Wildman–Crippen MR) is 127 cm³/mol. The molecule has 0 aliphatic carbocycles. The van der Waals surface area contributed by atoms with E-state index in [-0.39, 0.29) is 18.9 Å². The lowest BCUT2D eigenvalue weighted by Gasteiger charge is -2.14. The molecule has 2 aromatic carbocycles. The molecule has 3 amide bonds. The fraction of sp³-hybridized carbons (Fsp3) is 0.143. The third-order valence-corrected chi connectivity index (χ3v) is 6.36. The summed E-state index contributed by atoms with van der Waals surface area (Å²) >= 11 is 9.75. The second kappa shape index (κ2) is 10.6. The number of carbonyl (C=O) groups excluding carboxylic acids is 3. The minimum atomic E-state index is -0.453. The van der Waals surface area contributed by atoms with Gasteiger partial charge in [-0.3, -0.25) is 30.1 Å². The number of hydrogen-bond donors (Lipinski definition) is 2. The topological polar surface area (TPSA) is 87.7 Å². The van der Waals surface area contributed by atoms with Gasteiger partial charge in [0.25, 0.3) is 11.8 Å². The molecule has 0 bridgehead atoms. The Morgan fingerprint density at radius 1 is 1.16 bits per heavy atom. The average molecular weight is 520 g/mol. The Morgan fingerprint density at radius 2 is 1.87 bits per heavy atom. The number of nitrogens with zero attached hydrogens (tertiary/aromatic N) is 1. The Hall–Kier alpha value is -2.69. The van der Waals surface area contributed by atoms with E-state index in [0.29, 0.717) is 25.0 Å². The summed E-state index contributed by atoms with van der Waals surface area (Å²) in [4.78, 5) is 38.8. The first-order chi connectivity index (χ1) is 14.9. The van der Waals surface area contributed by atoms with Gasteiger partial charge in [-0.25, -0.2) is 0 Å². The molecule has 0 radical (unpaired) electrons. The van der Waals surface area contributed by atoms with Crippen LogP contribution in [0.1, 0.15) is 22.3 Å². The monoisotopic (exact) mass is 519 g/mol. The first-order valence-corrected chi connectivity index (χ1v) is 11.1. The molecule has 10 heteroatoms. The Morgan fingerprint density at radius 3 is 2.61 bits per heavy atom. The van der Waals surface area contributed by atoms with Gasteiger partial charge in [0.15, 0.2) is 0 Å². The van der Waals surface area contributed by atoms with Crippen molar-refractivity contribution < 1.29 is 19.1 Å². The number of thiocarbonyl (C=S) groups is 1. The van der Waals surface area contributed by atoms with Gasteiger partial charge in [0.05, 0.1) is 17.6 Å². The van der Waals surface area contributed by atoms with Gasteiger partial charge in [-0.05, 0) is 40.2 Å². The molecule has 160 valence electrons. The van der Waals surface area contributed by atoms with E-state index >= 15 is 0 Å². The van der Waals surface area contributed by atoms with Crippen molar-refractivity contribution in [2.45, 2.75) is 6.42 Å². The Bertz CT molecular complexity index is 1070. The fourth-order valence-electron chi connectivity index (χ4n) is 2.73. The summed E-state index contributed by atoms with van der Waals surface area (Å²) in [6, 6.07) is 14.2. The van der Waals surface area contributed by atoms with Gasteiger partial charge in [-0.2, -0.15) is 0 Å². The number of benzene rings is 2. The maximum atomic E-state index is 12.7. The Balaban J connectivity index is 1.55. The number of methoxy groups -OCH3 is 1. The number of hydrogen-bond acceptors (Lipinski definition) is 6. The second-order valence-electron chi connectivity index (χ2n) is 6.31. The molecule has 0 atom stereocenters. The number of thioether (sulfide) groups is 1. The van der Waals surface area contributed by atoms with Crippen LogP contribution in [0.15, 0.2) is 57.9 Å². The summed E-state index contributed by atoms with van der Waals surface area (Å²) in [5.74, 6) is -0.520. The molecule has 2 N–H and O–H groups in total. The molecule has 7 nitrogen and oxygen atoms in total. The number of halogens is 1. The first kappa shape index (κ1) is 23.0. The van der Waals surface area contributed by atoms with E-state index in [9.17, 15) is 14.4 Å². The number of para-hydroxylation sites is 1. The molecule has 1 fully saturated rings. The maximum absolute atomic E-state index is 12.7. The van der Waals surface area contributed by atoms with E-state index in [1.54, 1.807) is 43.5 Å². The highest BCUT2D eigenvalue weighted by Gasteiger charge is 2.32. The molecular weight excluding hydrogens is 502 g/mol. The van der Waals surface area contributed by atoms with Crippen LogP contribution in [0.2, 0.25) is 0 Å². The lowest BCUT2D eigenvalue weighted by atomic mass is 10.2. The lowest BCUT2D eigenvalue weighted by Crippen LogP contribution is -2.43. The van der Waals surface area contributed by atoms with Crippen molar-refractivity contribution in [2.75, 3.05) is 13.7 Å². The zero-order chi connectivity index (χ0) is 22.4. The molecule has 1 heterocycles. The summed E-state index contributed by atoms with van der Waals surface area (Å²) in [6.07, 6.45) is 1.70. The van der Waals surface area contributed by atoms with Crippen molar-refractivity contribution in [3.05, 3.63) is 69.0 Å². The number of rotatable bonds is 6. The number of hydrazine groups is 1. The van der Waals surface area contributed by atoms with Gasteiger partial charge in [-0.1, -0.05) is 54.3 Å². The molecule has 0 saturated carbocycles. The van der Waals surface area contributed by atoms with Gasteiger partial charge in [0.2, 0.25) is 5.91 Å². The predicted octanol–water partition coefficient (Wildman–Crippen LogP) is 3.51. The standard InChI is InChI=1S/C21H18BrN3O4S2/c1-29-16-9-5-2-6-13(16)12-17-20(28)25(21(30)31-17)11-10-18(26)23-24-19(27)14-7-3-4-8-15(14)22/h2-9,12H,10-11H2,1H3,(H,23,26)(H,24,27). The SMILES string of the molecule is COc1ccccc1C=C1SC(=S)N(CCC(=O)NNC(=O)c2ccccc2Br)C1=O. The van der Waals surface area contributed by atoms with Gasteiger partial charge in [0.1, 0.15) is 10.1 Å². The summed E-state index contributed by atoms with van der Waals surface area (Å²) in [6.45, 7) is 0.102. The van der Waals surface area contributed by atoms with Crippen LogP contribution in [-0.4, -0.2) is 40.6 Å². The summed E-state index contributed by atoms with van der Waals surface area (Å²) in [5, 5.41) is 0. The highest BCUT2D eigenvalue weighted by atomic mass is 79.9. The average Bonchev–Trinajstić information content (AvgIpc) is 3.03. The molecule has 2 aromatic rings. The minimum absolute atomic E-state index is 0.0232. The van der Waals surface area contributed by atoms with Crippen LogP contribution < -0.4 is 15.6 Å². The highest BCUT2D eigenvalue weighted by Crippen LogP contribution is 2.34. The van der Waals surface area contributed by atoms with Crippen molar-refractivity contribution in [1.82, 2.24) is 15.8 Å². The van der Waals surface area contributed by atoms with Crippen molar-refractivity contribution in [3.8, 4) is 5.75 Å². The number of carbonyl (C=O) groups is 3. The molecule has 1 saturated heterocycles. The molecule has 1 aliphatic rings.